The Morgan fingerprint density at radius 3 is 2.94 bits per heavy atom. The molecule has 0 spiro atoms. The van der Waals surface area contributed by atoms with Gasteiger partial charge in [0.25, 0.3) is 0 Å². The molecule has 0 radical (unpaired) electrons. The van der Waals surface area contributed by atoms with Crippen LogP contribution in [0.4, 0.5) is 5.13 Å². The van der Waals surface area contributed by atoms with E-state index in [4.69, 9.17) is 0 Å². The van der Waals surface area contributed by atoms with Crippen LogP contribution in [0.1, 0.15) is 43.2 Å². The van der Waals surface area contributed by atoms with Crippen LogP contribution in [-0.4, -0.2) is 23.0 Å². The molecule has 3 rings (SSSR count). The van der Waals surface area contributed by atoms with E-state index in [0.717, 1.165) is 37.4 Å². The number of rotatable bonds is 2. The summed E-state index contributed by atoms with van der Waals surface area (Å²) in [7, 11) is 0. The van der Waals surface area contributed by atoms with Crippen LogP contribution in [0.3, 0.4) is 0 Å². The predicted molar refractivity (Wildman–Crippen MR) is 73.0 cm³/mol. The largest absolute Gasteiger partial charge is 0.304 e. The van der Waals surface area contributed by atoms with Crippen molar-refractivity contribution >= 4 is 22.4 Å². The van der Waals surface area contributed by atoms with Crippen LogP contribution in [0.2, 0.25) is 0 Å². The minimum atomic E-state index is -0.411. The Labute approximate surface area is 111 Å². The zero-order valence-electron chi connectivity index (χ0n) is 10.7. The molecule has 2 heterocycles. The van der Waals surface area contributed by atoms with Crippen LogP contribution in [0, 0.1) is 0 Å². The molecule has 1 atom stereocenters. The van der Waals surface area contributed by atoms with Gasteiger partial charge in [-0.1, -0.05) is 0 Å². The van der Waals surface area contributed by atoms with Crippen molar-refractivity contribution in [3.05, 3.63) is 10.6 Å². The molecule has 1 aromatic heterocycles. The summed E-state index contributed by atoms with van der Waals surface area (Å²) in [5.74, 6) is 0.0612. The first-order valence-corrected chi connectivity index (χ1v) is 7.54. The molecule has 4 nitrogen and oxygen atoms in total. The summed E-state index contributed by atoms with van der Waals surface area (Å²) in [6.45, 7) is 2.90. The molecule has 1 fully saturated rings. The lowest BCUT2D eigenvalue weighted by atomic mass is 10.00. The van der Waals surface area contributed by atoms with Gasteiger partial charge in [0.05, 0.1) is 11.2 Å². The molecule has 1 aromatic rings. The van der Waals surface area contributed by atoms with Crippen LogP contribution in [0.5, 0.6) is 0 Å². The maximum atomic E-state index is 12.2. The normalized spacial score (nSPS) is 26.9. The lowest BCUT2D eigenvalue weighted by Gasteiger charge is -2.22. The van der Waals surface area contributed by atoms with Crippen molar-refractivity contribution in [2.45, 2.75) is 51.0 Å². The molecule has 0 saturated carbocycles. The van der Waals surface area contributed by atoms with Gasteiger partial charge in [-0.3, -0.25) is 4.79 Å². The summed E-state index contributed by atoms with van der Waals surface area (Å²) < 4.78 is 0. The van der Waals surface area contributed by atoms with Gasteiger partial charge in [-0.05, 0) is 52.0 Å². The Kier molecular flexibility index (Phi) is 3.11. The van der Waals surface area contributed by atoms with Gasteiger partial charge in [0.15, 0.2) is 5.13 Å². The monoisotopic (exact) mass is 265 g/mol. The Hall–Kier alpha value is -0.940. The molecular weight excluding hydrogens is 246 g/mol. The van der Waals surface area contributed by atoms with E-state index in [1.54, 1.807) is 11.3 Å². The van der Waals surface area contributed by atoms with Crippen molar-refractivity contribution in [1.29, 1.82) is 0 Å². The number of nitrogens with one attached hydrogen (secondary N) is 2. The lowest BCUT2D eigenvalue weighted by Crippen LogP contribution is -2.47. The molecule has 0 aromatic carbocycles. The SMILES string of the molecule is CC1(C(=O)Nc2nc3c(s2)CCCC3)CCCN1. The number of carbonyl (C=O) groups excluding carboxylic acids is 1. The number of anilines is 1. The fourth-order valence-corrected chi connectivity index (χ4v) is 3.77. The number of aryl methyl sites for hydroxylation is 2. The van der Waals surface area contributed by atoms with Crippen molar-refractivity contribution < 1.29 is 4.79 Å². The number of amides is 1. The first-order valence-electron chi connectivity index (χ1n) is 6.72. The minimum absolute atomic E-state index is 0.0612. The van der Waals surface area contributed by atoms with Gasteiger partial charge >= 0.3 is 0 Å². The van der Waals surface area contributed by atoms with E-state index in [1.165, 1.54) is 23.4 Å². The van der Waals surface area contributed by atoms with Gasteiger partial charge in [0.1, 0.15) is 0 Å². The van der Waals surface area contributed by atoms with E-state index in [2.05, 4.69) is 15.6 Å². The molecule has 1 unspecified atom stereocenters. The Morgan fingerprint density at radius 2 is 2.22 bits per heavy atom. The molecule has 1 aliphatic carbocycles. The van der Waals surface area contributed by atoms with Crippen LogP contribution in [0.15, 0.2) is 0 Å². The Balaban J connectivity index is 1.72. The summed E-state index contributed by atoms with van der Waals surface area (Å²) in [5, 5.41) is 7.05. The number of nitrogens with zero attached hydrogens (tertiary/aromatic N) is 1. The average Bonchev–Trinajstić information content (AvgIpc) is 2.95. The van der Waals surface area contributed by atoms with Crippen LogP contribution in [0.25, 0.3) is 0 Å². The third-order valence-corrected chi connectivity index (χ3v) is 5.01. The van der Waals surface area contributed by atoms with Gasteiger partial charge in [-0.15, -0.1) is 11.3 Å². The fourth-order valence-electron chi connectivity index (χ4n) is 2.73. The standard InChI is InChI=1S/C13H19N3OS/c1-13(7-4-8-14-13)11(17)16-12-15-9-5-2-3-6-10(9)18-12/h14H,2-8H2,1H3,(H,15,16,17). The Bertz CT molecular complexity index is 439. The molecule has 2 N–H and O–H groups in total. The third-order valence-electron chi connectivity index (χ3n) is 3.94. The lowest BCUT2D eigenvalue weighted by molar-refractivity contribution is -0.121. The zero-order valence-corrected chi connectivity index (χ0v) is 11.5. The highest BCUT2D eigenvalue weighted by Gasteiger charge is 2.36. The molecule has 98 valence electrons. The van der Waals surface area contributed by atoms with Gasteiger partial charge in [0, 0.05) is 4.88 Å². The molecule has 5 heteroatoms. The van der Waals surface area contributed by atoms with E-state index >= 15 is 0 Å². The van der Waals surface area contributed by atoms with Crippen LogP contribution in [-0.2, 0) is 17.6 Å². The molecule has 2 aliphatic rings. The summed E-state index contributed by atoms with van der Waals surface area (Å²) >= 11 is 1.65. The second-order valence-corrected chi connectivity index (χ2v) is 6.50. The Morgan fingerprint density at radius 1 is 1.39 bits per heavy atom. The van der Waals surface area contributed by atoms with Gasteiger partial charge < -0.3 is 10.6 Å². The van der Waals surface area contributed by atoms with Crippen molar-refractivity contribution in [3.63, 3.8) is 0 Å². The number of carbonyl (C=O) groups is 1. The van der Waals surface area contributed by atoms with E-state index in [1.807, 2.05) is 6.92 Å². The summed E-state index contributed by atoms with van der Waals surface area (Å²) in [6, 6.07) is 0. The quantitative estimate of drug-likeness (QED) is 0.861. The van der Waals surface area contributed by atoms with Crippen molar-refractivity contribution in [3.8, 4) is 0 Å². The molecular formula is C13H19N3OS. The van der Waals surface area contributed by atoms with E-state index in [0.29, 0.717) is 0 Å². The van der Waals surface area contributed by atoms with Gasteiger partial charge in [-0.25, -0.2) is 4.98 Å². The molecule has 1 saturated heterocycles. The number of hydrogen-bond acceptors (Lipinski definition) is 4. The first kappa shape index (κ1) is 12.1. The molecule has 0 bridgehead atoms. The highest BCUT2D eigenvalue weighted by atomic mass is 32.1. The third kappa shape index (κ3) is 2.17. The van der Waals surface area contributed by atoms with Crippen molar-refractivity contribution in [2.24, 2.45) is 0 Å². The summed E-state index contributed by atoms with van der Waals surface area (Å²) in [5.41, 5.74) is 0.790. The fraction of sp³-hybridized carbons (Fsp3) is 0.692. The highest BCUT2D eigenvalue weighted by molar-refractivity contribution is 7.15. The number of aromatic nitrogens is 1. The van der Waals surface area contributed by atoms with Crippen LogP contribution >= 0.6 is 11.3 Å². The number of fused-ring (bicyclic) bond motifs is 1. The van der Waals surface area contributed by atoms with E-state index in [-0.39, 0.29) is 5.91 Å². The second-order valence-electron chi connectivity index (χ2n) is 5.41. The van der Waals surface area contributed by atoms with Crippen molar-refractivity contribution in [2.75, 3.05) is 11.9 Å². The maximum absolute atomic E-state index is 12.2. The second kappa shape index (κ2) is 4.63. The first-order chi connectivity index (χ1) is 8.67. The molecule has 1 aliphatic heterocycles. The maximum Gasteiger partial charge on any atom is 0.246 e. The van der Waals surface area contributed by atoms with Crippen molar-refractivity contribution in [1.82, 2.24) is 10.3 Å². The van der Waals surface area contributed by atoms with Gasteiger partial charge in [0.2, 0.25) is 5.91 Å². The van der Waals surface area contributed by atoms with Crippen LogP contribution < -0.4 is 10.6 Å². The van der Waals surface area contributed by atoms with E-state index in [9.17, 15) is 4.79 Å². The number of thiazole rings is 1. The number of hydrogen-bond donors (Lipinski definition) is 2. The van der Waals surface area contributed by atoms with Gasteiger partial charge in [-0.2, -0.15) is 0 Å². The molecule has 18 heavy (non-hydrogen) atoms. The van der Waals surface area contributed by atoms with E-state index < -0.39 is 5.54 Å². The predicted octanol–water partition coefficient (Wildman–Crippen LogP) is 2.10. The summed E-state index contributed by atoms with van der Waals surface area (Å²) in [6.07, 6.45) is 6.64. The minimum Gasteiger partial charge on any atom is -0.304 e. The highest BCUT2D eigenvalue weighted by Crippen LogP contribution is 2.30. The zero-order chi connectivity index (χ0) is 12.6. The average molecular weight is 265 g/mol. The molecule has 1 amide bonds. The summed E-state index contributed by atoms with van der Waals surface area (Å²) in [4.78, 5) is 18.2. The smallest absolute Gasteiger partial charge is 0.246 e. The topological polar surface area (TPSA) is 54.0 Å².